The summed E-state index contributed by atoms with van der Waals surface area (Å²) in [5.74, 6) is 0.0646. The second-order valence-electron chi connectivity index (χ2n) is 5.94. The molecule has 0 amide bonds. The van der Waals surface area contributed by atoms with Crippen molar-refractivity contribution in [3.63, 3.8) is 0 Å². The third-order valence-corrected chi connectivity index (χ3v) is 4.08. The number of rotatable bonds is 5. The molecule has 0 bridgehead atoms. The lowest BCUT2D eigenvalue weighted by atomic mass is 10.0. The fraction of sp³-hybridized carbons (Fsp3) is 0.353. The van der Waals surface area contributed by atoms with Crippen molar-refractivity contribution >= 4 is 11.0 Å². The summed E-state index contributed by atoms with van der Waals surface area (Å²) >= 11 is 0. The summed E-state index contributed by atoms with van der Waals surface area (Å²) in [5.41, 5.74) is 0.759. The first kappa shape index (κ1) is 18.9. The Hall–Kier alpha value is -2.88. The minimum atomic E-state index is -4.76. The number of aromatic amines is 1. The molecule has 0 unspecified atom stereocenters. The van der Waals surface area contributed by atoms with Crippen LogP contribution in [0.15, 0.2) is 29.1 Å². The molecule has 0 fully saturated rings. The molecular formula is C17H17F3N4O3. The van der Waals surface area contributed by atoms with E-state index in [2.05, 4.69) is 19.8 Å². The van der Waals surface area contributed by atoms with Gasteiger partial charge in [-0.2, -0.15) is 5.10 Å². The molecule has 0 aliphatic heterocycles. The van der Waals surface area contributed by atoms with Crippen molar-refractivity contribution in [2.45, 2.75) is 39.3 Å². The number of aryl methyl sites for hydroxylation is 1. The summed E-state index contributed by atoms with van der Waals surface area (Å²) in [6, 6.07) is 5.05. The van der Waals surface area contributed by atoms with E-state index in [1.165, 1.54) is 28.9 Å². The second-order valence-corrected chi connectivity index (χ2v) is 5.94. The van der Waals surface area contributed by atoms with Gasteiger partial charge in [0.1, 0.15) is 22.7 Å². The number of hydrogen-bond donors (Lipinski definition) is 2. The Morgan fingerprint density at radius 3 is 2.52 bits per heavy atom. The Balaban J connectivity index is 2.07. The summed E-state index contributed by atoms with van der Waals surface area (Å²) in [7, 11) is 0. The van der Waals surface area contributed by atoms with E-state index in [-0.39, 0.29) is 22.9 Å². The minimum Gasteiger partial charge on any atom is -0.406 e. The number of nitrogens with one attached hydrogen (secondary N) is 1. The molecular weight excluding hydrogens is 365 g/mol. The van der Waals surface area contributed by atoms with Crippen LogP contribution in [-0.4, -0.2) is 31.2 Å². The van der Waals surface area contributed by atoms with Gasteiger partial charge in [-0.05, 0) is 31.0 Å². The van der Waals surface area contributed by atoms with E-state index in [1.54, 1.807) is 6.92 Å². The molecule has 0 aliphatic carbocycles. The van der Waals surface area contributed by atoms with Crippen LogP contribution < -0.4 is 10.3 Å². The molecule has 27 heavy (non-hydrogen) atoms. The number of alkyl halides is 3. The average Bonchev–Trinajstić information content (AvgIpc) is 2.94. The number of aromatic nitrogens is 4. The predicted molar refractivity (Wildman–Crippen MR) is 90.4 cm³/mol. The molecule has 0 aliphatic rings. The standard InChI is InChI=1S/C17H17F3N4O3/c1-3-13(10-4-6-11(7-5-10)27-17(18,19)20)24-15-14(12(8-25)23-24)16(26)22-9(2)21-15/h4-7,13,25H,3,8H2,1-2H3,(H,21,22,26)/t13-/m1/s1. The van der Waals surface area contributed by atoms with Gasteiger partial charge in [-0.25, -0.2) is 9.67 Å². The SMILES string of the molecule is CC[C@H](c1ccc(OC(F)(F)F)cc1)n1nc(CO)c2c(=O)[nH]c(C)nc21. The van der Waals surface area contributed by atoms with E-state index in [1.807, 2.05) is 6.92 Å². The van der Waals surface area contributed by atoms with Crippen molar-refractivity contribution in [2.24, 2.45) is 0 Å². The lowest BCUT2D eigenvalue weighted by molar-refractivity contribution is -0.274. The van der Waals surface area contributed by atoms with Gasteiger partial charge in [0.25, 0.3) is 5.56 Å². The van der Waals surface area contributed by atoms with E-state index in [0.717, 1.165) is 0 Å². The maximum Gasteiger partial charge on any atom is 0.573 e. The zero-order valence-electron chi connectivity index (χ0n) is 14.5. The number of nitrogens with zero attached hydrogens (tertiary/aromatic N) is 3. The van der Waals surface area contributed by atoms with E-state index in [0.29, 0.717) is 23.5 Å². The van der Waals surface area contributed by atoms with Crippen LogP contribution in [0.5, 0.6) is 5.75 Å². The highest BCUT2D eigenvalue weighted by Gasteiger charge is 2.31. The number of H-pyrrole nitrogens is 1. The van der Waals surface area contributed by atoms with Crippen molar-refractivity contribution in [3.05, 3.63) is 51.7 Å². The molecule has 144 valence electrons. The molecule has 2 heterocycles. The largest absolute Gasteiger partial charge is 0.573 e. The molecule has 2 aromatic heterocycles. The first-order valence-electron chi connectivity index (χ1n) is 8.18. The van der Waals surface area contributed by atoms with Crippen LogP contribution in [-0.2, 0) is 6.61 Å². The van der Waals surface area contributed by atoms with Crippen LogP contribution in [0, 0.1) is 6.92 Å². The zero-order valence-corrected chi connectivity index (χ0v) is 14.5. The number of hydrogen-bond acceptors (Lipinski definition) is 5. The molecule has 3 aromatic rings. The van der Waals surface area contributed by atoms with Gasteiger partial charge in [0, 0.05) is 0 Å². The zero-order chi connectivity index (χ0) is 19.8. The molecule has 10 heteroatoms. The first-order valence-corrected chi connectivity index (χ1v) is 8.18. The van der Waals surface area contributed by atoms with Gasteiger partial charge in [0.2, 0.25) is 0 Å². The Labute approximate surface area is 151 Å². The number of aliphatic hydroxyl groups excluding tert-OH is 1. The third kappa shape index (κ3) is 3.80. The number of aliphatic hydroxyl groups is 1. The van der Waals surface area contributed by atoms with Crippen molar-refractivity contribution in [1.29, 1.82) is 0 Å². The smallest absolute Gasteiger partial charge is 0.406 e. The predicted octanol–water partition coefficient (Wildman–Crippen LogP) is 2.82. The van der Waals surface area contributed by atoms with Crippen molar-refractivity contribution in [2.75, 3.05) is 0 Å². The fourth-order valence-corrected chi connectivity index (χ4v) is 2.99. The van der Waals surface area contributed by atoms with Crippen LogP contribution in [0.1, 0.15) is 36.5 Å². The fourth-order valence-electron chi connectivity index (χ4n) is 2.99. The van der Waals surface area contributed by atoms with Gasteiger partial charge >= 0.3 is 6.36 Å². The highest BCUT2D eigenvalue weighted by molar-refractivity contribution is 5.77. The summed E-state index contributed by atoms with van der Waals surface area (Å²) in [6.45, 7) is 3.06. The van der Waals surface area contributed by atoms with Crippen molar-refractivity contribution in [1.82, 2.24) is 19.7 Å². The molecule has 0 spiro atoms. The van der Waals surface area contributed by atoms with Crippen molar-refractivity contribution in [3.8, 4) is 5.75 Å². The van der Waals surface area contributed by atoms with Crippen LogP contribution in [0.4, 0.5) is 13.2 Å². The normalized spacial score (nSPS) is 13.1. The molecule has 1 atom stereocenters. The van der Waals surface area contributed by atoms with E-state index < -0.39 is 18.5 Å². The quantitative estimate of drug-likeness (QED) is 0.708. The maximum atomic E-state index is 12.3. The van der Waals surface area contributed by atoms with E-state index >= 15 is 0 Å². The highest BCUT2D eigenvalue weighted by atomic mass is 19.4. The molecule has 2 N–H and O–H groups in total. The topological polar surface area (TPSA) is 93.0 Å². The maximum absolute atomic E-state index is 12.3. The van der Waals surface area contributed by atoms with Crippen LogP contribution >= 0.6 is 0 Å². The molecule has 0 saturated heterocycles. The molecule has 1 aromatic carbocycles. The van der Waals surface area contributed by atoms with Gasteiger partial charge in [-0.3, -0.25) is 4.79 Å². The van der Waals surface area contributed by atoms with Crippen LogP contribution in [0.3, 0.4) is 0 Å². The second kappa shape index (κ2) is 7.03. The number of benzene rings is 1. The summed E-state index contributed by atoms with van der Waals surface area (Å²) in [6.07, 6.45) is -4.23. The van der Waals surface area contributed by atoms with Gasteiger partial charge in [-0.1, -0.05) is 19.1 Å². The summed E-state index contributed by atoms with van der Waals surface area (Å²) in [4.78, 5) is 19.1. The molecule has 3 rings (SSSR count). The van der Waals surface area contributed by atoms with Crippen LogP contribution in [0.2, 0.25) is 0 Å². The van der Waals surface area contributed by atoms with Crippen LogP contribution in [0.25, 0.3) is 11.0 Å². The lowest BCUT2D eigenvalue weighted by Gasteiger charge is -2.17. The summed E-state index contributed by atoms with van der Waals surface area (Å²) < 4.78 is 42.4. The van der Waals surface area contributed by atoms with Gasteiger partial charge in [-0.15, -0.1) is 13.2 Å². The number of ether oxygens (including phenoxy) is 1. The van der Waals surface area contributed by atoms with E-state index in [4.69, 9.17) is 0 Å². The molecule has 0 saturated carbocycles. The average molecular weight is 382 g/mol. The highest BCUT2D eigenvalue weighted by Crippen LogP contribution is 2.29. The van der Waals surface area contributed by atoms with Gasteiger partial charge < -0.3 is 14.8 Å². The Morgan fingerprint density at radius 2 is 1.96 bits per heavy atom. The van der Waals surface area contributed by atoms with Gasteiger partial charge in [0.05, 0.1) is 12.6 Å². The summed E-state index contributed by atoms with van der Waals surface area (Å²) in [5, 5.41) is 14.0. The monoisotopic (exact) mass is 382 g/mol. The lowest BCUT2D eigenvalue weighted by Crippen LogP contribution is -2.17. The van der Waals surface area contributed by atoms with Gasteiger partial charge in [0.15, 0.2) is 5.65 Å². The van der Waals surface area contributed by atoms with E-state index in [9.17, 15) is 23.1 Å². The minimum absolute atomic E-state index is 0.189. The van der Waals surface area contributed by atoms with Crippen molar-refractivity contribution < 1.29 is 23.0 Å². The Morgan fingerprint density at radius 1 is 1.30 bits per heavy atom. The third-order valence-electron chi connectivity index (χ3n) is 4.08. The Kier molecular flexibility index (Phi) is 4.92. The number of fused-ring (bicyclic) bond motifs is 1. The first-order chi connectivity index (χ1) is 12.7. The number of halogens is 3. The molecule has 7 nitrogen and oxygen atoms in total. The Bertz CT molecular complexity index is 1010. The molecule has 0 radical (unpaired) electrons.